The van der Waals surface area contributed by atoms with Crippen LogP contribution >= 0.6 is 0 Å². The molecule has 1 aliphatic carbocycles. The molecular formula is C12H20O3. The van der Waals surface area contributed by atoms with Gasteiger partial charge in [-0.05, 0) is 32.1 Å². The van der Waals surface area contributed by atoms with Crippen LogP contribution in [0.25, 0.3) is 0 Å². The first-order chi connectivity index (χ1) is 6.81. The van der Waals surface area contributed by atoms with Gasteiger partial charge in [0.15, 0.2) is 0 Å². The number of rotatable bonds is 2. The summed E-state index contributed by atoms with van der Waals surface area (Å²) in [7, 11) is 1.39. The minimum atomic E-state index is -0.803. The molecule has 0 unspecified atom stereocenters. The van der Waals surface area contributed by atoms with Crippen molar-refractivity contribution in [2.75, 3.05) is 7.11 Å². The summed E-state index contributed by atoms with van der Waals surface area (Å²) < 4.78 is 4.79. The molecule has 0 spiro atoms. The van der Waals surface area contributed by atoms with Gasteiger partial charge in [-0.2, -0.15) is 0 Å². The fourth-order valence-electron chi connectivity index (χ4n) is 2.48. The van der Waals surface area contributed by atoms with Crippen molar-refractivity contribution in [3.05, 3.63) is 12.2 Å². The van der Waals surface area contributed by atoms with E-state index in [0.29, 0.717) is 6.42 Å². The van der Waals surface area contributed by atoms with E-state index in [0.717, 1.165) is 5.57 Å². The summed E-state index contributed by atoms with van der Waals surface area (Å²) in [4.78, 5) is 11.7. The summed E-state index contributed by atoms with van der Waals surface area (Å²) in [5.41, 5.74) is 0.137. The predicted molar refractivity (Wildman–Crippen MR) is 58.2 cm³/mol. The highest BCUT2D eigenvalue weighted by molar-refractivity contribution is 5.74. The zero-order valence-corrected chi connectivity index (χ0v) is 9.91. The largest absolute Gasteiger partial charge is 0.469 e. The molecule has 0 saturated heterocycles. The Labute approximate surface area is 91.1 Å². The Hall–Kier alpha value is -0.830. The van der Waals surface area contributed by atoms with Crippen LogP contribution in [0.4, 0.5) is 0 Å². The number of carbonyl (C=O) groups is 1. The van der Waals surface area contributed by atoms with Gasteiger partial charge in [0.05, 0.1) is 18.6 Å². The summed E-state index contributed by atoms with van der Waals surface area (Å²) in [5.74, 6) is -0.565. The minimum Gasteiger partial charge on any atom is -0.469 e. The highest BCUT2D eigenvalue weighted by Crippen LogP contribution is 2.47. The molecule has 1 aliphatic rings. The lowest BCUT2D eigenvalue weighted by atomic mass is 9.85. The normalized spacial score (nSPS) is 40.2. The Bertz CT molecular complexity index is 281. The van der Waals surface area contributed by atoms with E-state index >= 15 is 0 Å². The summed E-state index contributed by atoms with van der Waals surface area (Å²) in [6.07, 6.45) is 0.587. The van der Waals surface area contributed by atoms with Crippen LogP contribution in [-0.4, -0.2) is 23.8 Å². The molecule has 1 saturated carbocycles. The second-order valence-electron chi connectivity index (χ2n) is 4.85. The molecular weight excluding hydrogens is 192 g/mol. The minimum absolute atomic E-state index is 0.0300. The Balaban J connectivity index is 2.99. The third-order valence-corrected chi connectivity index (χ3v) is 3.69. The van der Waals surface area contributed by atoms with Gasteiger partial charge in [-0.15, -0.1) is 0 Å². The van der Waals surface area contributed by atoms with Gasteiger partial charge < -0.3 is 9.84 Å². The van der Waals surface area contributed by atoms with Crippen LogP contribution in [0, 0.1) is 17.8 Å². The molecule has 0 aromatic heterocycles. The Kier molecular flexibility index (Phi) is 3.24. The van der Waals surface area contributed by atoms with Crippen LogP contribution < -0.4 is 0 Å². The van der Waals surface area contributed by atoms with Gasteiger partial charge in [0.1, 0.15) is 0 Å². The zero-order valence-electron chi connectivity index (χ0n) is 9.91. The Morgan fingerprint density at radius 3 is 2.53 bits per heavy atom. The lowest BCUT2D eigenvalue weighted by molar-refractivity contribution is -0.149. The first-order valence-electron chi connectivity index (χ1n) is 5.27. The molecule has 1 fully saturated rings. The lowest BCUT2D eigenvalue weighted by Gasteiger charge is -2.24. The van der Waals surface area contributed by atoms with E-state index in [9.17, 15) is 9.90 Å². The Morgan fingerprint density at radius 1 is 1.60 bits per heavy atom. The molecule has 1 rings (SSSR count). The topological polar surface area (TPSA) is 46.5 Å². The van der Waals surface area contributed by atoms with Gasteiger partial charge in [-0.1, -0.05) is 19.1 Å². The van der Waals surface area contributed by atoms with E-state index in [2.05, 4.69) is 6.58 Å². The van der Waals surface area contributed by atoms with Crippen LogP contribution in [0.3, 0.4) is 0 Å². The maximum absolute atomic E-state index is 11.7. The van der Waals surface area contributed by atoms with Crippen molar-refractivity contribution in [1.29, 1.82) is 0 Å². The van der Waals surface area contributed by atoms with Crippen molar-refractivity contribution in [2.45, 2.75) is 32.8 Å². The molecule has 0 heterocycles. The van der Waals surface area contributed by atoms with Crippen LogP contribution in [-0.2, 0) is 9.53 Å². The van der Waals surface area contributed by atoms with Crippen molar-refractivity contribution >= 4 is 5.97 Å². The number of carbonyl (C=O) groups excluding carboxylic acids is 1. The Morgan fingerprint density at radius 2 is 2.13 bits per heavy atom. The number of esters is 1. The maximum atomic E-state index is 11.7. The molecule has 3 nitrogen and oxygen atoms in total. The first kappa shape index (κ1) is 12.2. The van der Waals surface area contributed by atoms with Crippen molar-refractivity contribution in [1.82, 2.24) is 0 Å². The molecule has 0 aromatic rings. The standard InChI is InChI=1S/C12H20O3/c1-7(2)9-6-12(4,14)8(3)10(9)11(13)15-5/h8-10,14H,1,6H2,2-5H3/t8-,9+,10-,12-/m1/s1. The zero-order chi connectivity index (χ0) is 11.8. The molecule has 0 radical (unpaired) electrons. The maximum Gasteiger partial charge on any atom is 0.309 e. The highest BCUT2D eigenvalue weighted by atomic mass is 16.5. The molecule has 0 bridgehead atoms. The number of methoxy groups -OCH3 is 1. The molecule has 0 aromatic carbocycles. The fraction of sp³-hybridized carbons (Fsp3) is 0.750. The van der Waals surface area contributed by atoms with Crippen LogP contribution in [0.1, 0.15) is 27.2 Å². The van der Waals surface area contributed by atoms with E-state index < -0.39 is 5.60 Å². The van der Waals surface area contributed by atoms with E-state index in [1.165, 1.54) is 7.11 Å². The van der Waals surface area contributed by atoms with E-state index in [4.69, 9.17) is 4.74 Å². The molecule has 15 heavy (non-hydrogen) atoms. The van der Waals surface area contributed by atoms with Gasteiger partial charge in [-0.25, -0.2) is 0 Å². The smallest absolute Gasteiger partial charge is 0.309 e. The summed E-state index contributed by atoms with van der Waals surface area (Å²) in [6.45, 7) is 9.45. The molecule has 1 N–H and O–H groups in total. The van der Waals surface area contributed by atoms with Crippen molar-refractivity contribution < 1.29 is 14.6 Å². The molecule has 86 valence electrons. The molecule has 0 aliphatic heterocycles. The van der Waals surface area contributed by atoms with Crippen LogP contribution in [0.5, 0.6) is 0 Å². The average Bonchev–Trinajstić information content (AvgIpc) is 2.38. The molecule has 0 amide bonds. The quantitative estimate of drug-likeness (QED) is 0.560. The number of ether oxygens (including phenoxy) is 1. The number of allylic oxidation sites excluding steroid dienone is 1. The average molecular weight is 212 g/mol. The van der Waals surface area contributed by atoms with Crippen molar-refractivity contribution in [3.63, 3.8) is 0 Å². The van der Waals surface area contributed by atoms with Gasteiger partial charge >= 0.3 is 5.97 Å². The van der Waals surface area contributed by atoms with Gasteiger partial charge in [0.2, 0.25) is 0 Å². The third-order valence-electron chi connectivity index (χ3n) is 3.69. The van der Waals surface area contributed by atoms with E-state index in [-0.39, 0.29) is 23.7 Å². The van der Waals surface area contributed by atoms with Crippen LogP contribution in [0.2, 0.25) is 0 Å². The molecule has 3 heteroatoms. The van der Waals surface area contributed by atoms with Gasteiger partial charge in [-0.3, -0.25) is 4.79 Å². The third kappa shape index (κ3) is 2.07. The van der Waals surface area contributed by atoms with Crippen molar-refractivity contribution in [3.8, 4) is 0 Å². The fourth-order valence-corrected chi connectivity index (χ4v) is 2.48. The second kappa shape index (κ2) is 3.97. The monoisotopic (exact) mass is 212 g/mol. The molecule has 4 atom stereocenters. The van der Waals surface area contributed by atoms with E-state index in [1.54, 1.807) is 6.92 Å². The predicted octanol–water partition coefficient (Wildman–Crippen LogP) is 1.76. The number of hydrogen-bond donors (Lipinski definition) is 1. The number of aliphatic hydroxyl groups is 1. The van der Waals surface area contributed by atoms with Gasteiger partial charge in [0.25, 0.3) is 0 Å². The SMILES string of the molecule is C=C(C)[C@@H]1C[C@@](C)(O)[C@H](C)[C@H]1C(=O)OC. The summed E-state index contributed by atoms with van der Waals surface area (Å²) in [5, 5.41) is 10.1. The summed E-state index contributed by atoms with van der Waals surface area (Å²) in [6, 6.07) is 0. The second-order valence-corrected chi connectivity index (χ2v) is 4.85. The highest BCUT2D eigenvalue weighted by Gasteiger charge is 2.51. The lowest BCUT2D eigenvalue weighted by Crippen LogP contribution is -2.32. The van der Waals surface area contributed by atoms with E-state index in [1.807, 2.05) is 13.8 Å². The van der Waals surface area contributed by atoms with Crippen LogP contribution in [0.15, 0.2) is 12.2 Å². The summed E-state index contributed by atoms with van der Waals surface area (Å²) >= 11 is 0. The number of hydrogen-bond acceptors (Lipinski definition) is 3. The van der Waals surface area contributed by atoms with Gasteiger partial charge in [0, 0.05) is 0 Å². The first-order valence-corrected chi connectivity index (χ1v) is 5.27. The van der Waals surface area contributed by atoms with Crippen molar-refractivity contribution in [2.24, 2.45) is 17.8 Å².